The van der Waals surface area contributed by atoms with E-state index in [9.17, 15) is 9.59 Å². The molecule has 1 rings (SSSR count). The largest absolute Gasteiger partial charge is 0.481 e. The van der Waals surface area contributed by atoms with Crippen molar-refractivity contribution in [2.24, 2.45) is 0 Å². The van der Waals surface area contributed by atoms with Crippen LogP contribution in [0.25, 0.3) is 0 Å². The van der Waals surface area contributed by atoms with Crippen LogP contribution in [0.15, 0.2) is 24.3 Å². The monoisotopic (exact) mass is 269 g/mol. The van der Waals surface area contributed by atoms with E-state index in [4.69, 9.17) is 16.7 Å². The minimum absolute atomic E-state index is 0.0166. The molecule has 0 radical (unpaired) electrons. The second kappa shape index (κ2) is 7.01. The Morgan fingerprint density at radius 2 is 1.89 bits per heavy atom. The van der Waals surface area contributed by atoms with E-state index in [1.54, 1.807) is 12.1 Å². The van der Waals surface area contributed by atoms with Crippen LogP contribution in [0.2, 0.25) is 5.02 Å². The van der Waals surface area contributed by atoms with Gasteiger partial charge in [0, 0.05) is 17.9 Å². The maximum atomic E-state index is 11.5. The van der Waals surface area contributed by atoms with E-state index in [-0.39, 0.29) is 24.8 Å². The lowest BCUT2D eigenvalue weighted by atomic mass is 10.1. The van der Waals surface area contributed by atoms with Gasteiger partial charge in [0.2, 0.25) is 5.91 Å². The molecule has 4 nitrogen and oxygen atoms in total. The number of aliphatic carboxylic acids is 1. The van der Waals surface area contributed by atoms with Crippen LogP contribution in [0.3, 0.4) is 0 Å². The van der Waals surface area contributed by atoms with Crippen molar-refractivity contribution in [2.75, 3.05) is 0 Å². The molecule has 0 spiro atoms. The molecule has 0 aliphatic carbocycles. The van der Waals surface area contributed by atoms with Gasteiger partial charge < -0.3 is 10.4 Å². The Labute approximate surface area is 111 Å². The number of carbonyl (C=O) groups is 2. The van der Waals surface area contributed by atoms with E-state index in [0.29, 0.717) is 11.4 Å². The molecule has 1 amide bonds. The lowest BCUT2D eigenvalue weighted by Crippen LogP contribution is -2.26. The number of nitrogens with one attached hydrogen (secondary N) is 1. The Morgan fingerprint density at radius 3 is 2.44 bits per heavy atom. The van der Waals surface area contributed by atoms with Crippen molar-refractivity contribution < 1.29 is 14.7 Å². The van der Waals surface area contributed by atoms with Crippen LogP contribution >= 0.6 is 11.6 Å². The van der Waals surface area contributed by atoms with Gasteiger partial charge in [0.1, 0.15) is 0 Å². The highest BCUT2D eigenvalue weighted by atomic mass is 35.5. The SMILES string of the molecule is C[C@H](NC(=O)CCCC(=O)O)c1ccc(Cl)cc1. The van der Waals surface area contributed by atoms with Crippen molar-refractivity contribution in [2.45, 2.75) is 32.2 Å². The normalized spacial score (nSPS) is 11.9. The fraction of sp³-hybridized carbons (Fsp3) is 0.385. The molecule has 1 aromatic carbocycles. The number of carboxylic acids is 1. The van der Waals surface area contributed by atoms with E-state index in [0.717, 1.165) is 5.56 Å². The molecule has 0 aliphatic rings. The molecule has 0 saturated carbocycles. The first-order valence-corrected chi connectivity index (χ1v) is 6.13. The summed E-state index contributed by atoms with van der Waals surface area (Å²) in [7, 11) is 0. The molecular formula is C13H16ClNO3. The van der Waals surface area contributed by atoms with Crippen molar-refractivity contribution >= 4 is 23.5 Å². The maximum Gasteiger partial charge on any atom is 0.303 e. The minimum Gasteiger partial charge on any atom is -0.481 e. The smallest absolute Gasteiger partial charge is 0.303 e. The van der Waals surface area contributed by atoms with Crippen LogP contribution < -0.4 is 5.32 Å². The van der Waals surface area contributed by atoms with Crippen molar-refractivity contribution in [1.82, 2.24) is 5.32 Å². The predicted molar refractivity (Wildman–Crippen MR) is 69.5 cm³/mol. The number of hydrogen-bond acceptors (Lipinski definition) is 2. The molecule has 1 aromatic rings. The molecule has 0 aromatic heterocycles. The molecule has 0 heterocycles. The van der Waals surface area contributed by atoms with Gasteiger partial charge in [-0.25, -0.2) is 0 Å². The van der Waals surface area contributed by atoms with Crippen LogP contribution in [0.5, 0.6) is 0 Å². The number of rotatable bonds is 6. The summed E-state index contributed by atoms with van der Waals surface area (Å²) < 4.78 is 0. The number of amides is 1. The molecular weight excluding hydrogens is 254 g/mol. The van der Waals surface area contributed by atoms with Crippen LogP contribution in [0.1, 0.15) is 37.8 Å². The van der Waals surface area contributed by atoms with Crippen LogP contribution in [0, 0.1) is 0 Å². The lowest BCUT2D eigenvalue weighted by Gasteiger charge is -2.14. The molecule has 98 valence electrons. The molecule has 18 heavy (non-hydrogen) atoms. The second-order valence-corrected chi connectivity index (χ2v) is 4.52. The Morgan fingerprint density at radius 1 is 1.28 bits per heavy atom. The van der Waals surface area contributed by atoms with Gasteiger partial charge in [-0.1, -0.05) is 23.7 Å². The first-order valence-electron chi connectivity index (χ1n) is 5.75. The number of halogens is 1. The first-order chi connectivity index (χ1) is 8.49. The average molecular weight is 270 g/mol. The van der Waals surface area contributed by atoms with Crippen molar-refractivity contribution in [3.8, 4) is 0 Å². The fourth-order valence-corrected chi connectivity index (χ4v) is 1.67. The Kier molecular flexibility index (Phi) is 5.65. The zero-order valence-corrected chi connectivity index (χ0v) is 10.9. The van der Waals surface area contributed by atoms with E-state index in [2.05, 4.69) is 5.32 Å². The third-order valence-corrected chi connectivity index (χ3v) is 2.79. The van der Waals surface area contributed by atoms with E-state index in [1.165, 1.54) is 0 Å². The summed E-state index contributed by atoms with van der Waals surface area (Å²) in [5.74, 6) is -1.02. The summed E-state index contributed by atoms with van der Waals surface area (Å²) in [6.07, 6.45) is 0.599. The highest BCUT2D eigenvalue weighted by Gasteiger charge is 2.09. The molecule has 0 unspecified atom stereocenters. The molecule has 0 fully saturated rings. The van der Waals surface area contributed by atoms with E-state index >= 15 is 0 Å². The van der Waals surface area contributed by atoms with E-state index in [1.807, 2.05) is 19.1 Å². The van der Waals surface area contributed by atoms with Crippen molar-refractivity contribution in [3.63, 3.8) is 0 Å². The quantitative estimate of drug-likeness (QED) is 0.834. The van der Waals surface area contributed by atoms with Gasteiger partial charge in [-0.3, -0.25) is 9.59 Å². The van der Waals surface area contributed by atoms with Gasteiger partial charge in [-0.05, 0) is 31.0 Å². The zero-order chi connectivity index (χ0) is 13.5. The number of hydrogen-bond donors (Lipinski definition) is 2. The van der Waals surface area contributed by atoms with Crippen LogP contribution in [-0.2, 0) is 9.59 Å². The highest BCUT2D eigenvalue weighted by molar-refractivity contribution is 6.30. The van der Waals surface area contributed by atoms with Crippen LogP contribution in [0.4, 0.5) is 0 Å². The third kappa shape index (κ3) is 5.19. The van der Waals surface area contributed by atoms with E-state index < -0.39 is 5.97 Å². The van der Waals surface area contributed by atoms with Crippen LogP contribution in [-0.4, -0.2) is 17.0 Å². The van der Waals surface area contributed by atoms with Gasteiger partial charge in [-0.2, -0.15) is 0 Å². The first kappa shape index (κ1) is 14.5. The summed E-state index contributed by atoms with van der Waals surface area (Å²) >= 11 is 5.78. The molecule has 0 aliphatic heterocycles. The average Bonchev–Trinajstić information content (AvgIpc) is 2.29. The standard InChI is InChI=1S/C13H16ClNO3/c1-9(10-5-7-11(14)8-6-10)15-12(16)3-2-4-13(17)18/h5-9H,2-4H2,1H3,(H,15,16)(H,17,18)/t9-/m0/s1. The summed E-state index contributed by atoms with van der Waals surface area (Å²) in [5, 5.41) is 11.9. The molecule has 5 heteroatoms. The van der Waals surface area contributed by atoms with Gasteiger partial charge in [0.05, 0.1) is 6.04 Å². The summed E-state index contributed by atoms with van der Waals surface area (Å²) in [6, 6.07) is 7.13. The van der Waals surface area contributed by atoms with Crippen molar-refractivity contribution in [3.05, 3.63) is 34.9 Å². The van der Waals surface area contributed by atoms with Crippen molar-refractivity contribution in [1.29, 1.82) is 0 Å². The number of carboxylic acid groups (broad SMARTS) is 1. The Balaban J connectivity index is 2.39. The lowest BCUT2D eigenvalue weighted by molar-refractivity contribution is -0.137. The number of benzene rings is 1. The fourth-order valence-electron chi connectivity index (χ4n) is 1.55. The maximum absolute atomic E-state index is 11.5. The van der Waals surface area contributed by atoms with Gasteiger partial charge in [0.25, 0.3) is 0 Å². The summed E-state index contributed by atoms with van der Waals surface area (Å²) in [6.45, 7) is 1.87. The molecule has 0 bridgehead atoms. The zero-order valence-electron chi connectivity index (χ0n) is 10.1. The van der Waals surface area contributed by atoms with Gasteiger partial charge in [-0.15, -0.1) is 0 Å². The molecule has 0 saturated heterocycles. The Bertz CT molecular complexity index is 417. The third-order valence-electron chi connectivity index (χ3n) is 2.54. The van der Waals surface area contributed by atoms with Gasteiger partial charge >= 0.3 is 5.97 Å². The van der Waals surface area contributed by atoms with Gasteiger partial charge in [0.15, 0.2) is 0 Å². The Hall–Kier alpha value is -1.55. The summed E-state index contributed by atoms with van der Waals surface area (Å²) in [4.78, 5) is 21.9. The topological polar surface area (TPSA) is 66.4 Å². The second-order valence-electron chi connectivity index (χ2n) is 4.09. The summed E-state index contributed by atoms with van der Waals surface area (Å²) in [5.41, 5.74) is 0.964. The predicted octanol–water partition coefficient (Wildman–Crippen LogP) is 2.77. The highest BCUT2D eigenvalue weighted by Crippen LogP contribution is 2.16. The molecule has 2 N–H and O–H groups in total. The molecule has 1 atom stereocenters. The number of carbonyl (C=O) groups excluding carboxylic acids is 1. The minimum atomic E-state index is -0.881.